The Balaban J connectivity index is 1.46. The summed E-state index contributed by atoms with van der Waals surface area (Å²) in [6.45, 7) is 2.40. The Morgan fingerprint density at radius 3 is 2.72 bits per heavy atom. The fraction of sp³-hybridized carbons (Fsp3) is 0.208. The summed E-state index contributed by atoms with van der Waals surface area (Å²) in [4.78, 5) is 24.0. The van der Waals surface area contributed by atoms with Crippen LogP contribution in [0.15, 0.2) is 60.9 Å². The van der Waals surface area contributed by atoms with Crippen molar-refractivity contribution < 1.29 is 13.9 Å². The number of amides is 1. The van der Waals surface area contributed by atoms with Gasteiger partial charge in [0.05, 0.1) is 25.2 Å². The minimum Gasteiger partial charge on any atom is -0.497 e. The number of halogens is 1. The lowest BCUT2D eigenvalue weighted by atomic mass is 10.2. The molecule has 5 rings (SSSR count). The fourth-order valence-electron chi connectivity index (χ4n) is 3.81. The summed E-state index contributed by atoms with van der Waals surface area (Å²) in [6, 6.07) is 14.4. The number of aromatic nitrogens is 3. The molecule has 8 heteroatoms. The van der Waals surface area contributed by atoms with E-state index in [1.54, 1.807) is 23.9 Å². The molecule has 0 bridgehead atoms. The molecule has 4 aromatic rings. The molecule has 0 aliphatic carbocycles. The Morgan fingerprint density at radius 2 is 2.00 bits per heavy atom. The minimum atomic E-state index is -0.450. The van der Waals surface area contributed by atoms with Crippen molar-refractivity contribution in [1.29, 1.82) is 0 Å². The van der Waals surface area contributed by atoms with Gasteiger partial charge in [0, 0.05) is 25.0 Å². The molecule has 0 saturated carbocycles. The zero-order valence-corrected chi connectivity index (χ0v) is 17.6. The van der Waals surface area contributed by atoms with Crippen molar-refractivity contribution in [3.05, 3.63) is 78.0 Å². The zero-order valence-electron chi connectivity index (χ0n) is 17.6. The summed E-state index contributed by atoms with van der Waals surface area (Å²) in [7, 11) is 1.61. The minimum absolute atomic E-state index is 0.315. The van der Waals surface area contributed by atoms with E-state index in [0.29, 0.717) is 29.0 Å². The molecule has 7 nitrogen and oxygen atoms in total. The van der Waals surface area contributed by atoms with Gasteiger partial charge in [0.15, 0.2) is 0 Å². The molecule has 3 aromatic heterocycles. The van der Waals surface area contributed by atoms with Crippen LogP contribution in [-0.2, 0) is 6.54 Å². The van der Waals surface area contributed by atoms with Crippen molar-refractivity contribution in [2.75, 3.05) is 30.4 Å². The first-order valence-corrected chi connectivity index (χ1v) is 10.4. The smallest absolute Gasteiger partial charge is 0.272 e. The van der Waals surface area contributed by atoms with Gasteiger partial charge in [-0.15, -0.1) is 0 Å². The summed E-state index contributed by atoms with van der Waals surface area (Å²) >= 11 is 0. The van der Waals surface area contributed by atoms with Crippen molar-refractivity contribution >= 4 is 28.4 Å². The van der Waals surface area contributed by atoms with Crippen LogP contribution in [-0.4, -0.2) is 40.6 Å². The Hall–Kier alpha value is -3.94. The monoisotopic (exact) mass is 431 g/mol. The normalized spacial score (nSPS) is 13.1. The third-order valence-corrected chi connectivity index (χ3v) is 5.59. The van der Waals surface area contributed by atoms with Gasteiger partial charge in [-0.3, -0.25) is 4.79 Å². The number of carbonyl (C=O) groups excluding carboxylic acids is 1. The van der Waals surface area contributed by atoms with Crippen LogP contribution in [0.5, 0.6) is 5.75 Å². The first-order valence-electron chi connectivity index (χ1n) is 10.4. The van der Waals surface area contributed by atoms with Gasteiger partial charge in [0.1, 0.15) is 28.7 Å². The SMILES string of the molecule is COc1cccc(Cn2c(C(=O)Nc3ccc(N4CCC4)nc3)cc3cc(F)cnc32)c1. The Bertz CT molecular complexity index is 1280. The molecule has 1 saturated heterocycles. The molecule has 32 heavy (non-hydrogen) atoms. The van der Waals surface area contributed by atoms with Gasteiger partial charge in [-0.05, 0) is 48.4 Å². The maximum Gasteiger partial charge on any atom is 0.272 e. The van der Waals surface area contributed by atoms with Crippen molar-refractivity contribution in [3.63, 3.8) is 0 Å². The lowest BCUT2D eigenvalue weighted by molar-refractivity contribution is 0.101. The molecule has 0 spiro atoms. The van der Waals surface area contributed by atoms with Crippen LogP contribution in [0.2, 0.25) is 0 Å². The molecule has 0 unspecified atom stereocenters. The molecule has 0 atom stereocenters. The van der Waals surface area contributed by atoms with Crippen LogP contribution in [0, 0.1) is 5.82 Å². The van der Waals surface area contributed by atoms with E-state index in [-0.39, 0.29) is 5.91 Å². The van der Waals surface area contributed by atoms with Gasteiger partial charge >= 0.3 is 0 Å². The molecule has 1 fully saturated rings. The average molecular weight is 431 g/mol. The number of carbonyl (C=O) groups is 1. The van der Waals surface area contributed by atoms with E-state index < -0.39 is 5.82 Å². The third-order valence-electron chi connectivity index (χ3n) is 5.59. The second-order valence-corrected chi connectivity index (χ2v) is 7.73. The first kappa shape index (κ1) is 20.0. The Labute approximate surface area is 184 Å². The second kappa shape index (κ2) is 8.30. The summed E-state index contributed by atoms with van der Waals surface area (Å²) < 4.78 is 20.9. The highest BCUT2D eigenvalue weighted by molar-refractivity contribution is 6.06. The van der Waals surface area contributed by atoms with Gasteiger partial charge in [0.2, 0.25) is 0 Å². The maximum atomic E-state index is 13.8. The summed E-state index contributed by atoms with van der Waals surface area (Å²) in [5.41, 5.74) is 2.44. The van der Waals surface area contributed by atoms with E-state index in [2.05, 4.69) is 20.2 Å². The second-order valence-electron chi connectivity index (χ2n) is 7.73. The molecule has 4 heterocycles. The number of fused-ring (bicyclic) bond motifs is 1. The Morgan fingerprint density at radius 1 is 1.12 bits per heavy atom. The Kier molecular flexibility index (Phi) is 5.18. The molecule has 1 aliphatic rings. The largest absolute Gasteiger partial charge is 0.497 e. The predicted molar refractivity (Wildman–Crippen MR) is 121 cm³/mol. The van der Waals surface area contributed by atoms with Crippen LogP contribution in [0.25, 0.3) is 11.0 Å². The van der Waals surface area contributed by atoms with Crippen molar-refractivity contribution in [2.24, 2.45) is 0 Å². The summed E-state index contributed by atoms with van der Waals surface area (Å²) in [5.74, 6) is 0.858. The number of benzene rings is 1. The predicted octanol–water partition coefficient (Wildman–Crippen LogP) is 4.09. The van der Waals surface area contributed by atoms with Crippen LogP contribution in [0.3, 0.4) is 0 Å². The first-order chi connectivity index (χ1) is 15.6. The van der Waals surface area contributed by atoms with Crippen molar-refractivity contribution in [3.8, 4) is 5.75 Å². The standard InChI is InChI=1S/C24H22FN5O2/c1-32-20-5-2-4-16(10-20)15-30-21(12-17-11-18(25)13-27-23(17)30)24(31)28-19-6-7-22(26-14-19)29-8-3-9-29/h2,4-7,10-14H,3,8-9,15H2,1H3,(H,28,31). The number of ether oxygens (including phenoxy) is 1. The third kappa shape index (κ3) is 3.87. The molecule has 0 radical (unpaired) electrons. The van der Waals surface area contributed by atoms with E-state index in [0.717, 1.165) is 36.4 Å². The van der Waals surface area contributed by atoms with Crippen molar-refractivity contribution in [1.82, 2.24) is 14.5 Å². The quantitative estimate of drug-likeness (QED) is 0.498. The number of hydrogen-bond donors (Lipinski definition) is 1. The molecule has 1 amide bonds. The topological polar surface area (TPSA) is 72.3 Å². The van der Waals surface area contributed by atoms with Crippen molar-refractivity contribution in [2.45, 2.75) is 13.0 Å². The highest BCUT2D eigenvalue weighted by atomic mass is 19.1. The number of nitrogens with zero attached hydrogens (tertiary/aromatic N) is 4. The molecule has 1 N–H and O–H groups in total. The number of pyridine rings is 2. The average Bonchev–Trinajstić information content (AvgIpc) is 3.11. The van der Waals surface area contributed by atoms with E-state index in [4.69, 9.17) is 4.74 Å². The molecular weight excluding hydrogens is 409 g/mol. The van der Waals surface area contributed by atoms with Crippen LogP contribution in [0.1, 0.15) is 22.5 Å². The highest BCUT2D eigenvalue weighted by Gasteiger charge is 2.19. The van der Waals surface area contributed by atoms with Gasteiger partial charge in [-0.25, -0.2) is 14.4 Å². The highest BCUT2D eigenvalue weighted by Crippen LogP contribution is 2.24. The van der Waals surface area contributed by atoms with Crippen LogP contribution in [0.4, 0.5) is 15.9 Å². The van der Waals surface area contributed by atoms with Crippen LogP contribution >= 0.6 is 0 Å². The van der Waals surface area contributed by atoms with E-state index >= 15 is 0 Å². The molecular formula is C24H22FN5O2. The molecule has 162 valence electrons. The number of hydrogen-bond acceptors (Lipinski definition) is 5. The molecule has 1 aromatic carbocycles. The summed E-state index contributed by atoms with van der Waals surface area (Å²) in [6.07, 6.45) is 3.98. The number of nitrogens with one attached hydrogen (secondary N) is 1. The number of methoxy groups -OCH3 is 1. The van der Waals surface area contributed by atoms with Gasteiger partial charge in [-0.2, -0.15) is 0 Å². The van der Waals surface area contributed by atoms with E-state index in [1.807, 2.05) is 36.4 Å². The zero-order chi connectivity index (χ0) is 22.1. The van der Waals surface area contributed by atoms with Gasteiger partial charge in [0.25, 0.3) is 5.91 Å². The van der Waals surface area contributed by atoms with Gasteiger partial charge < -0.3 is 19.5 Å². The van der Waals surface area contributed by atoms with E-state index in [9.17, 15) is 9.18 Å². The number of anilines is 2. The maximum absolute atomic E-state index is 13.8. The molecule has 1 aliphatic heterocycles. The van der Waals surface area contributed by atoms with Crippen LogP contribution < -0.4 is 15.0 Å². The van der Waals surface area contributed by atoms with Gasteiger partial charge in [-0.1, -0.05) is 12.1 Å². The summed E-state index contributed by atoms with van der Waals surface area (Å²) in [5, 5.41) is 3.46. The lowest BCUT2D eigenvalue weighted by Gasteiger charge is -2.31. The lowest BCUT2D eigenvalue weighted by Crippen LogP contribution is -2.37. The number of rotatable bonds is 6. The van der Waals surface area contributed by atoms with E-state index in [1.165, 1.54) is 12.5 Å². The fourth-order valence-corrected chi connectivity index (χ4v) is 3.81.